The summed E-state index contributed by atoms with van der Waals surface area (Å²) in [7, 11) is -3.95. The van der Waals surface area contributed by atoms with E-state index in [-0.39, 0.29) is 11.4 Å². The maximum Gasteiger partial charge on any atom is 0.243 e. The van der Waals surface area contributed by atoms with Crippen LogP contribution in [0.3, 0.4) is 0 Å². The van der Waals surface area contributed by atoms with Gasteiger partial charge in [-0.2, -0.15) is 0 Å². The van der Waals surface area contributed by atoms with Gasteiger partial charge in [0.15, 0.2) is 0 Å². The number of benzene rings is 1. The van der Waals surface area contributed by atoms with Crippen molar-refractivity contribution >= 4 is 10.0 Å². The zero-order chi connectivity index (χ0) is 15.7. The normalized spacial score (nSPS) is 26.8. The average Bonchev–Trinajstić information content (AvgIpc) is 2.39. The van der Waals surface area contributed by atoms with Crippen LogP contribution in [-0.2, 0) is 10.0 Å². The molecule has 4 nitrogen and oxygen atoms in total. The standard InChI is InChI=1S/C15H22FNO3S/c1-11-5-6-13(16)14(8-11)21(19,20)17-10-15(18)7-3-4-12(2)9-15/h5-6,8,12,17-18H,3-4,7,9-10H2,1-2H3. The Kier molecular flexibility index (Phi) is 4.70. The van der Waals surface area contributed by atoms with Crippen molar-refractivity contribution in [3.05, 3.63) is 29.6 Å². The summed E-state index contributed by atoms with van der Waals surface area (Å²) in [5.74, 6) is -0.416. The number of aryl methyl sites for hydroxylation is 1. The van der Waals surface area contributed by atoms with Crippen LogP contribution in [-0.4, -0.2) is 25.7 Å². The van der Waals surface area contributed by atoms with Crippen LogP contribution in [0, 0.1) is 18.7 Å². The van der Waals surface area contributed by atoms with Crippen LogP contribution in [0.1, 0.15) is 38.2 Å². The molecule has 0 aliphatic heterocycles. The first-order chi connectivity index (χ1) is 9.72. The van der Waals surface area contributed by atoms with E-state index in [1.807, 2.05) is 6.92 Å². The Morgan fingerprint density at radius 2 is 2.19 bits per heavy atom. The van der Waals surface area contributed by atoms with Gasteiger partial charge in [0.05, 0.1) is 5.60 Å². The Labute approximate surface area is 125 Å². The van der Waals surface area contributed by atoms with Crippen LogP contribution in [0.4, 0.5) is 4.39 Å². The Hall–Kier alpha value is -0.980. The molecular weight excluding hydrogens is 293 g/mol. The van der Waals surface area contributed by atoms with Gasteiger partial charge < -0.3 is 5.11 Å². The number of sulfonamides is 1. The summed E-state index contributed by atoms with van der Waals surface area (Å²) in [6, 6.07) is 3.96. The summed E-state index contributed by atoms with van der Waals surface area (Å²) in [5, 5.41) is 10.5. The second-order valence-corrected chi connectivity index (χ2v) is 7.92. The predicted molar refractivity (Wildman–Crippen MR) is 78.9 cm³/mol. The zero-order valence-corrected chi connectivity index (χ0v) is 13.2. The monoisotopic (exact) mass is 315 g/mol. The van der Waals surface area contributed by atoms with Crippen molar-refractivity contribution in [1.82, 2.24) is 4.72 Å². The Bertz CT molecular complexity index is 617. The Morgan fingerprint density at radius 3 is 2.86 bits per heavy atom. The molecule has 1 aliphatic carbocycles. The van der Waals surface area contributed by atoms with Crippen molar-refractivity contribution in [2.24, 2.45) is 5.92 Å². The lowest BCUT2D eigenvalue weighted by atomic mass is 9.79. The summed E-state index contributed by atoms with van der Waals surface area (Å²) in [5.41, 5.74) is -0.368. The van der Waals surface area contributed by atoms with Crippen LogP contribution < -0.4 is 4.72 Å². The Morgan fingerprint density at radius 1 is 1.48 bits per heavy atom. The van der Waals surface area contributed by atoms with E-state index in [1.54, 1.807) is 6.92 Å². The fourth-order valence-corrected chi connectivity index (χ4v) is 4.20. The zero-order valence-electron chi connectivity index (χ0n) is 12.4. The smallest absolute Gasteiger partial charge is 0.243 e. The molecule has 21 heavy (non-hydrogen) atoms. The lowest BCUT2D eigenvalue weighted by Crippen LogP contribution is -2.45. The first-order valence-electron chi connectivity index (χ1n) is 7.20. The van der Waals surface area contributed by atoms with E-state index >= 15 is 0 Å². The first-order valence-corrected chi connectivity index (χ1v) is 8.68. The number of hydrogen-bond donors (Lipinski definition) is 2. The number of rotatable bonds is 4. The van der Waals surface area contributed by atoms with Gasteiger partial charge >= 0.3 is 0 Å². The van der Waals surface area contributed by atoms with Crippen LogP contribution in [0.2, 0.25) is 0 Å². The lowest BCUT2D eigenvalue weighted by molar-refractivity contribution is -0.00752. The molecule has 118 valence electrons. The maximum absolute atomic E-state index is 13.7. The molecule has 0 bridgehead atoms. The van der Waals surface area contributed by atoms with Gasteiger partial charge in [0, 0.05) is 6.54 Å². The molecule has 6 heteroatoms. The van der Waals surface area contributed by atoms with Gasteiger partial charge in [-0.3, -0.25) is 0 Å². The van der Waals surface area contributed by atoms with Gasteiger partial charge in [0.25, 0.3) is 0 Å². The molecule has 2 rings (SSSR count). The third-order valence-corrected chi connectivity index (χ3v) is 5.45. The molecule has 2 atom stereocenters. The summed E-state index contributed by atoms with van der Waals surface area (Å²) in [4.78, 5) is -0.366. The van der Waals surface area contributed by atoms with E-state index in [9.17, 15) is 17.9 Å². The second kappa shape index (κ2) is 6.02. The van der Waals surface area contributed by atoms with Gasteiger partial charge in [-0.05, 0) is 43.4 Å². The quantitative estimate of drug-likeness (QED) is 0.896. The largest absolute Gasteiger partial charge is 0.389 e. The highest BCUT2D eigenvalue weighted by atomic mass is 32.2. The van der Waals surface area contributed by atoms with Gasteiger partial charge in [0.1, 0.15) is 10.7 Å². The van der Waals surface area contributed by atoms with Crippen molar-refractivity contribution in [2.75, 3.05) is 6.54 Å². The highest BCUT2D eigenvalue weighted by Gasteiger charge is 2.34. The van der Waals surface area contributed by atoms with Crippen molar-refractivity contribution in [2.45, 2.75) is 50.0 Å². The van der Waals surface area contributed by atoms with E-state index in [2.05, 4.69) is 4.72 Å². The number of aliphatic hydroxyl groups is 1. The molecule has 1 aliphatic rings. The molecule has 0 radical (unpaired) electrons. The van der Waals surface area contributed by atoms with E-state index in [0.717, 1.165) is 18.9 Å². The molecule has 1 aromatic rings. The molecule has 0 spiro atoms. The molecule has 0 aromatic heterocycles. The fourth-order valence-electron chi connectivity index (χ4n) is 2.92. The maximum atomic E-state index is 13.7. The molecule has 0 saturated heterocycles. The summed E-state index contributed by atoms with van der Waals surface area (Å²) >= 11 is 0. The van der Waals surface area contributed by atoms with Gasteiger partial charge in [0.2, 0.25) is 10.0 Å². The van der Waals surface area contributed by atoms with Gasteiger partial charge in [-0.15, -0.1) is 0 Å². The summed E-state index contributed by atoms with van der Waals surface area (Å²) < 4.78 is 40.5. The fraction of sp³-hybridized carbons (Fsp3) is 0.600. The van der Waals surface area contributed by atoms with Crippen molar-refractivity contribution in [1.29, 1.82) is 0 Å². The predicted octanol–water partition coefficient (Wildman–Crippen LogP) is 2.35. The van der Waals surface area contributed by atoms with E-state index in [1.165, 1.54) is 12.1 Å². The van der Waals surface area contributed by atoms with Crippen molar-refractivity contribution in [3.8, 4) is 0 Å². The molecule has 2 N–H and O–H groups in total. The minimum Gasteiger partial charge on any atom is -0.389 e. The van der Waals surface area contributed by atoms with Crippen molar-refractivity contribution < 1.29 is 17.9 Å². The van der Waals surface area contributed by atoms with Crippen LogP contribution >= 0.6 is 0 Å². The molecular formula is C15H22FNO3S. The third kappa shape index (κ3) is 4.02. The molecule has 1 fully saturated rings. The topological polar surface area (TPSA) is 66.4 Å². The van der Waals surface area contributed by atoms with Gasteiger partial charge in [-0.1, -0.05) is 25.8 Å². The number of hydrogen-bond acceptors (Lipinski definition) is 3. The molecule has 1 saturated carbocycles. The lowest BCUT2D eigenvalue weighted by Gasteiger charge is -2.35. The third-order valence-electron chi connectivity index (χ3n) is 4.03. The number of nitrogens with one attached hydrogen (secondary N) is 1. The van der Waals surface area contributed by atoms with E-state index in [0.29, 0.717) is 24.3 Å². The molecule has 2 unspecified atom stereocenters. The van der Waals surface area contributed by atoms with Crippen LogP contribution in [0.5, 0.6) is 0 Å². The summed E-state index contributed by atoms with van der Waals surface area (Å²) in [6.45, 7) is 3.67. The molecule has 0 heterocycles. The SMILES string of the molecule is Cc1ccc(F)c(S(=O)(=O)NCC2(O)CCCC(C)C2)c1. The first kappa shape index (κ1) is 16.4. The molecule has 1 aromatic carbocycles. The highest BCUT2D eigenvalue weighted by molar-refractivity contribution is 7.89. The average molecular weight is 315 g/mol. The highest BCUT2D eigenvalue weighted by Crippen LogP contribution is 2.32. The minimum atomic E-state index is -3.95. The Balaban J connectivity index is 2.13. The van der Waals surface area contributed by atoms with E-state index < -0.39 is 21.4 Å². The van der Waals surface area contributed by atoms with Gasteiger partial charge in [-0.25, -0.2) is 17.5 Å². The number of halogens is 1. The van der Waals surface area contributed by atoms with Crippen LogP contribution in [0.15, 0.2) is 23.1 Å². The second-order valence-electron chi connectivity index (χ2n) is 6.18. The summed E-state index contributed by atoms with van der Waals surface area (Å²) in [6.07, 6.45) is 3.04. The van der Waals surface area contributed by atoms with E-state index in [4.69, 9.17) is 0 Å². The van der Waals surface area contributed by atoms with Crippen molar-refractivity contribution in [3.63, 3.8) is 0 Å². The van der Waals surface area contributed by atoms with Crippen LogP contribution in [0.25, 0.3) is 0 Å². The molecule has 0 amide bonds. The minimum absolute atomic E-state index is 0.0763.